The lowest BCUT2D eigenvalue weighted by Gasteiger charge is -2.19. The van der Waals surface area contributed by atoms with Crippen molar-refractivity contribution in [2.24, 2.45) is 0 Å². The Kier molecular flexibility index (Phi) is 4.76. The van der Waals surface area contributed by atoms with Gasteiger partial charge in [-0.15, -0.1) is 6.58 Å². The van der Waals surface area contributed by atoms with Crippen molar-refractivity contribution in [3.63, 3.8) is 0 Å². The molecule has 134 valence electrons. The van der Waals surface area contributed by atoms with Crippen LogP contribution in [0, 0.1) is 0 Å². The van der Waals surface area contributed by atoms with Gasteiger partial charge in [0.15, 0.2) is 0 Å². The molecule has 1 aliphatic heterocycles. The SMILES string of the molecule is C=CCO[C@@H]1CCN(C(=O)OCC2c3ccccc3-c3ccccc32)C1. The van der Waals surface area contributed by atoms with E-state index in [9.17, 15) is 4.79 Å². The molecule has 0 aromatic heterocycles. The smallest absolute Gasteiger partial charge is 0.409 e. The van der Waals surface area contributed by atoms with Gasteiger partial charge in [-0.1, -0.05) is 54.6 Å². The number of carbonyl (C=O) groups excluding carboxylic acids is 1. The zero-order valence-electron chi connectivity index (χ0n) is 14.8. The standard InChI is InChI=1S/C22H23NO3/c1-2-13-25-16-11-12-23(14-16)22(24)26-15-21-19-9-5-3-7-17(19)18-8-4-6-10-20(18)21/h2-10,16,21H,1,11-15H2/t16-/m1/s1. The number of rotatable bonds is 5. The molecule has 0 spiro atoms. The summed E-state index contributed by atoms with van der Waals surface area (Å²) in [4.78, 5) is 14.2. The van der Waals surface area contributed by atoms with Crippen LogP contribution in [0.25, 0.3) is 11.1 Å². The maximum Gasteiger partial charge on any atom is 0.409 e. The van der Waals surface area contributed by atoms with Gasteiger partial charge in [-0.2, -0.15) is 0 Å². The number of likely N-dealkylation sites (tertiary alicyclic amines) is 1. The quantitative estimate of drug-likeness (QED) is 0.759. The molecule has 4 heteroatoms. The molecule has 4 rings (SSSR count). The van der Waals surface area contributed by atoms with Gasteiger partial charge in [0.2, 0.25) is 0 Å². The Bertz CT molecular complexity index is 771. The molecule has 2 aromatic carbocycles. The van der Waals surface area contributed by atoms with Gasteiger partial charge in [-0.3, -0.25) is 0 Å². The maximum atomic E-state index is 12.5. The number of carbonyl (C=O) groups is 1. The van der Waals surface area contributed by atoms with Gasteiger partial charge >= 0.3 is 6.09 Å². The average molecular weight is 349 g/mol. The monoisotopic (exact) mass is 349 g/mol. The fourth-order valence-corrected chi connectivity index (χ4v) is 3.92. The predicted molar refractivity (Wildman–Crippen MR) is 101 cm³/mol. The Morgan fingerprint density at radius 3 is 2.42 bits per heavy atom. The predicted octanol–water partition coefficient (Wildman–Crippen LogP) is 4.21. The van der Waals surface area contributed by atoms with Crippen LogP contribution in [0.2, 0.25) is 0 Å². The summed E-state index contributed by atoms with van der Waals surface area (Å²) in [5, 5.41) is 0. The molecule has 1 fully saturated rings. The first-order valence-electron chi connectivity index (χ1n) is 9.10. The lowest BCUT2D eigenvalue weighted by Crippen LogP contribution is -2.31. The van der Waals surface area contributed by atoms with Gasteiger partial charge in [0.05, 0.1) is 19.3 Å². The summed E-state index contributed by atoms with van der Waals surface area (Å²) in [6.07, 6.45) is 2.40. The Balaban J connectivity index is 1.42. The number of nitrogens with zero attached hydrogens (tertiary/aromatic N) is 1. The van der Waals surface area contributed by atoms with Gasteiger partial charge < -0.3 is 14.4 Å². The van der Waals surface area contributed by atoms with Crippen LogP contribution in [0.3, 0.4) is 0 Å². The van der Waals surface area contributed by atoms with Gasteiger partial charge in [-0.05, 0) is 28.7 Å². The number of benzene rings is 2. The van der Waals surface area contributed by atoms with Crippen molar-refractivity contribution in [1.29, 1.82) is 0 Å². The van der Waals surface area contributed by atoms with E-state index in [1.54, 1.807) is 11.0 Å². The summed E-state index contributed by atoms with van der Waals surface area (Å²) >= 11 is 0. The van der Waals surface area contributed by atoms with Gasteiger partial charge in [-0.25, -0.2) is 4.79 Å². The molecule has 1 aliphatic carbocycles. The summed E-state index contributed by atoms with van der Waals surface area (Å²) in [5.74, 6) is 0.0989. The second-order valence-electron chi connectivity index (χ2n) is 6.78. The highest BCUT2D eigenvalue weighted by Crippen LogP contribution is 2.44. The molecule has 0 radical (unpaired) electrons. The minimum Gasteiger partial charge on any atom is -0.448 e. The Morgan fingerprint density at radius 1 is 1.12 bits per heavy atom. The van der Waals surface area contributed by atoms with Crippen molar-refractivity contribution in [3.8, 4) is 11.1 Å². The minimum absolute atomic E-state index is 0.0773. The fourth-order valence-electron chi connectivity index (χ4n) is 3.92. The highest BCUT2D eigenvalue weighted by Gasteiger charge is 2.31. The molecule has 0 bridgehead atoms. The van der Waals surface area contributed by atoms with Crippen LogP contribution >= 0.6 is 0 Å². The van der Waals surface area contributed by atoms with Crippen LogP contribution in [-0.2, 0) is 9.47 Å². The third-order valence-electron chi connectivity index (χ3n) is 5.19. The molecule has 0 unspecified atom stereocenters. The van der Waals surface area contributed by atoms with E-state index in [0.717, 1.165) is 6.42 Å². The average Bonchev–Trinajstić information content (AvgIpc) is 3.28. The molecule has 26 heavy (non-hydrogen) atoms. The van der Waals surface area contributed by atoms with Crippen molar-refractivity contribution in [2.75, 3.05) is 26.3 Å². The number of fused-ring (bicyclic) bond motifs is 3. The molecule has 1 saturated heterocycles. The molecule has 0 N–H and O–H groups in total. The third-order valence-corrected chi connectivity index (χ3v) is 5.19. The van der Waals surface area contributed by atoms with Crippen molar-refractivity contribution >= 4 is 6.09 Å². The fraction of sp³-hybridized carbons (Fsp3) is 0.318. The van der Waals surface area contributed by atoms with Crippen LogP contribution in [-0.4, -0.2) is 43.4 Å². The van der Waals surface area contributed by atoms with Gasteiger partial charge in [0, 0.05) is 12.5 Å². The first kappa shape index (κ1) is 16.9. The second-order valence-corrected chi connectivity index (χ2v) is 6.78. The molecular formula is C22H23NO3. The molecule has 2 aliphatic rings. The summed E-state index contributed by atoms with van der Waals surface area (Å²) in [6, 6.07) is 16.7. The highest BCUT2D eigenvalue weighted by atomic mass is 16.6. The van der Waals surface area contributed by atoms with Crippen molar-refractivity contribution in [1.82, 2.24) is 4.90 Å². The summed E-state index contributed by atoms with van der Waals surface area (Å²) in [5.41, 5.74) is 4.94. The van der Waals surface area contributed by atoms with E-state index in [-0.39, 0.29) is 18.1 Å². The van der Waals surface area contributed by atoms with Gasteiger partial charge in [0.25, 0.3) is 0 Å². The topological polar surface area (TPSA) is 38.8 Å². The van der Waals surface area contributed by atoms with E-state index in [1.165, 1.54) is 22.3 Å². The van der Waals surface area contributed by atoms with Crippen molar-refractivity contribution in [3.05, 3.63) is 72.3 Å². The lowest BCUT2D eigenvalue weighted by molar-refractivity contribution is 0.0711. The van der Waals surface area contributed by atoms with E-state index in [0.29, 0.717) is 26.3 Å². The second kappa shape index (κ2) is 7.34. The van der Waals surface area contributed by atoms with E-state index < -0.39 is 0 Å². The Labute approximate surface area is 154 Å². The van der Waals surface area contributed by atoms with E-state index in [2.05, 4.69) is 43.0 Å². The lowest BCUT2D eigenvalue weighted by atomic mass is 9.98. The van der Waals surface area contributed by atoms with E-state index >= 15 is 0 Å². The zero-order chi connectivity index (χ0) is 17.9. The van der Waals surface area contributed by atoms with Crippen LogP contribution in [0.5, 0.6) is 0 Å². The summed E-state index contributed by atoms with van der Waals surface area (Å²) in [7, 11) is 0. The van der Waals surface area contributed by atoms with Crippen molar-refractivity contribution in [2.45, 2.75) is 18.4 Å². The van der Waals surface area contributed by atoms with Crippen molar-refractivity contribution < 1.29 is 14.3 Å². The molecule has 4 nitrogen and oxygen atoms in total. The maximum absolute atomic E-state index is 12.5. The van der Waals surface area contributed by atoms with E-state index in [4.69, 9.17) is 9.47 Å². The zero-order valence-corrected chi connectivity index (χ0v) is 14.8. The van der Waals surface area contributed by atoms with Gasteiger partial charge in [0.1, 0.15) is 6.61 Å². The number of hydrogen-bond donors (Lipinski definition) is 0. The Morgan fingerprint density at radius 2 is 1.77 bits per heavy atom. The summed E-state index contributed by atoms with van der Waals surface area (Å²) < 4.78 is 11.3. The molecule has 1 heterocycles. The van der Waals surface area contributed by atoms with E-state index in [1.807, 2.05) is 12.1 Å². The minimum atomic E-state index is -0.253. The molecule has 1 atom stereocenters. The molecular weight excluding hydrogens is 326 g/mol. The van der Waals surface area contributed by atoms with Crippen LogP contribution in [0.1, 0.15) is 23.5 Å². The van der Waals surface area contributed by atoms with Crippen LogP contribution in [0.4, 0.5) is 4.79 Å². The number of amides is 1. The number of ether oxygens (including phenoxy) is 2. The normalized spacial score (nSPS) is 18.5. The first-order valence-corrected chi connectivity index (χ1v) is 9.10. The molecule has 1 amide bonds. The molecule has 0 saturated carbocycles. The first-order chi connectivity index (χ1) is 12.8. The third kappa shape index (κ3) is 3.13. The highest BCUT2D eigenvalue weighted by molar-refractivity contribution is 5.79. The summed E-state index contributed by atoms with van der Waals surface area (Å²) in [6.45, 7) is 5.80. The largest absolute Gasteiger partial charge is 0.448 e. The van der Waals surface area contributed by atoms with Crippen LogP contribution < -0.4 is 0 Å². The number of hydrogen-bond acceptors (Lipinski definition) is 3. The Hall–Kier alpha value is -2.59. The molecule has 2 aromatic rings. The van der Waals surface area contributed by atoms with Crippen LogP contribution in [0.15, 0.2) is 61.2 Å².